The second-order valence-corrected chi connectivity index (χ2v) is 14.2. The van der Waals surface area contributed by atoms with Crippen molar-refractivity contribution in [1.82, 2.24) is 19.7 Å². The summed E-state index contributed by atoms with van der Waals surface area (Å²) >= 11 is 1.49. The summed E-state index contributed by atoms with van der Waals surface area (Å²) in [7, 11) is 1.57. The molecule has 3 aliphatic heterocycles. The third-order valence-corrected chi connectivity index (χ3v) is 10.8. The number of aliphatic imine (C=N–C) groups is 1. The van der Waals surface area contributed by atoms with E-state index in [0.717, 1.165) is 97.9 Å². The first-order chi connectivity index (χ1) is 24.4. The first kappa shape index (κ1) is 34.4. The Morgan fingerprint density at radius 2 is 1.60 bits per heavy atom. The van der Waals surface area contributed by atoms with Gasteiger partial charge in [-0.25, -0.2) is 9.37 Å². The Bertz CT molecular complexity index is 1830. The van der Waals surface area contributed by atoms with Crippen LogP contribution in [0.3, 0.4) is 0 Å². The molecule has 0 spiro atoms. The predicted molar refractivity (Wildman–Crippen MR) is 194 cm³/mol. The fourth-order valence-corrected chi connectivity index (χ4v) is 7.85. The average molecular weight is 702 g/mol. The van der Waals surface area contributed by atoms with E-state index in [-0.39, 0.29) is 11.7 Å². The summed E-state index contributed by atoms with van der Waals surface area (Å²) in [5.74, 6) is 1.43. The monoisotopic (exact) mass is 701 g/mol. The lowest BCUT2D eigenvalue weighted by molar-refractivity contribution is -0.00447. The molecule has 1 amide bonds. The number of thiazole rings is 1. The minimum atomic E-state index is -1.33. The van der Waals surface area contributed by atoms with Gasteiger partial charge >= 0.3 is 0 Å². The van der Waals surface area contributed by atoms with Crippen LogP contribution in [0.1, 0.15) is 48.9 Å². The second-order valence-electron chi connectivity index (χ2n) is 13.2. The smallest absolute Gasteiger partial charge is 0.258 e. The summed E-state index contributed by atoms with van der Waals surface area (Å²) in [6.07, 6.45) is 6.75. The molecule has 1 aromatic heterocycles. The van der Waals surface area contributed by atoms with Crippen LogP contribution in [-0.2, 0) is 0 Å². The Balaban J connectivity index is 0.767. The van der Waals surface area contributed by atoms with Crippen molar-refractivity contribution in [2.75, 3.05) is 66.1 Å². The largest absolute Gasteiger partial charge is 0.494 e. The number of hydrogen-bond acceptors (Lipinski definition) is 10. The fourth-order valence-electron chi connectivity index (χ4n) is 6.85. The molecule has 0 radical (unpaired) electrons. The molecule has 3 aliphatic rings. The summed E-state index contributed by atoms with van der Waals surface area (Å²) in [5.41, 5.74) is 1.40. The van der Waals surface area contributed by atoms with Crippen LogP contribution in [-0.4, -0.2) is 109 Å². The lowest BCUT2D eigenvalue weighted by Crippen LogP contribution is -2.47. The summed E-state index contributed by atoms with van der Waals surface area (Å²) in [6.45, 7) is 8.15. The Hall–Kier alpha value is -4.10. The molecule has 2 saturated heterocycles. The normalized spacial score (nSPS) is 19.4. The minimum Gasteiger partial charge on any atom is -0.494 e. The molecule has 264 valence electrons. The average Bonchev–Trinajstić information content (AvgIpc) is 3.72. The molecule has 0 bridgehead atoms. The summed E-state index contributed by atoms with van der Waals surface area (Å²) in [6, 6.07) is 16.1. The topological polar surface area (TPSA) is 100.0 Å². The van der Waals surface area contributed by atoms with E-state index in [1.807, 2.05) is 24.3 Å². The zero-order chi connectivity index (χ0) is 34.5. The van der Waals surface area contributed by atoms with Crippen molar-refractivity contribution in [2.45, 2.75) is 44.2 Å². The van der Waals surface area contributed by atoms with Gasteiger partial charge in [0.25, 0.3) is 5.91 Å². The maximum atomic E-state index is 13.5. The Kier molecular flexibility index (Phi) is 10.6. The van der Waals surface area contributed by atoms with Gasteiger partial charge in [0, 0.05) is 50.8 Å². The number of fused-ring (bicyclic) bond motifs is 3. The van der Waals surface area contributed by atoms with Crippen LogP contribution < -0.4 is 14.2 Å². The number of hydrogen-bond donors (Lipinski definition) is 1. The van der Waals surface area contributed by atoms with Crippen LogP contribution in [0, 0.1) is 5.82 Å². The number of carbonyl (C=O) groups is 1. The van der Waals surface area contributed by atoms with Crippen LogP contribution >= 0.6 is 11.3 Å². The molecule has 50 heavy (non-hydrogen) atoms. The first-order valence-corrected chi connectivity index (χ1v) is 18.4. The molecule has 2 fully saturated rings. The van der Waals surface area contributed by atoms with Gasteiger partial charge in [-0.15, -0.1) is 11.3 Å². The molecule has 10 nitrogen and oxygen atoms in total. The number of piperazine rings is 1. The lowest BCUT2D eigenvalue weighted by Gasteiger charge is -2.34. The van der Waals surface area contributed by atoms with Crippen LogP contribution in [0.25, 0.3) is 20.8 Å². The van der Waals surface area contributed by atoms with E-state index in [1.54, 1.807) is 25.3 Å². The number of unbranched alkanes of at least 4 members (excludes halogenated alkanes) is 2. The molecule has 0 saturated carbocycles. The van der Waals surface area contributed by atoms with Crippen LogP contribution in [0.2, 0.25) is 0 Å². The van der Waals surface area contributed by atoms with Gasteiger partial charge in [-0.1, -0.05) is 0 Å². The van der Waals surface area contributed by atoms with Gasteiger partial charge in [-0.3, -0.25) is 9.79 Å². The van der Waals surface area contributed by atoms with E-state index in [4.69, 9.17) is 14.2 Å². The number of aromatic nitrogens is 1. The number of ether oxygens (including phenoxy) is 3. The zero-order valence-corrected chi connectivity index (χ0v) is 29.3. The highest BCUT2D eigenvalue weighted by Gasteiger charge is 2.43. The molecule has 4 aromatic rings. The molecule has 1 atom stereocenters. The Labute approximate surface area is 296 Å². The van der Waals surface area contributed by atoms with Gasteiger partial charge in [0.2, 0.25) is 0 Å². The number of methoxy groups -OCH3 is 1. The Morgan fingerprint density at radius 3 is 2.32 bits per heavy atom. The SMILES string of the molecule is COc1cc2c(cc1OCCCCN1CCN(CCCCOc3ccc(-c4nc5ccc(F)cc5s4)cc3)CC1)N=C[C@]1(O)CCCN1C2=O. The van der Waals surface area contributed by atoms with Crippen molar-refractivity contribution in [3.63, 3.8) is 0 Å². The molecule has 4 heterocycles. The number of carbonyl (C=O) groups excluding carboxylic acids is 1. The zero-order valence-electron chi connectivity index (χ0n) is 28.5. The number of halogens is 1. The van der Waals surface area contributed by atoms with Crippen molar-refractivity contribution in [1.29, 1.82) is 0 Å². The second kappa shape index (κ2) is 15.4. The highest BCUT2D eigenvalue weighted by atomic mass is 32.1. The van der Waals surface area contributed by atoms with E-state index in [1.165, 1.54) is 34.6 Å². The molecule has 0 aliphatic carbocycles. The lowest BCUT2D eigenvalue weighted by atomic mass is 10.1. The molecule has 7 rings (SSSR count). The summed E-state index contributed by atoms with van der Waals surface area (Å²) in [5, 5.41) is 11.8. The highest BCUT2D eigenvalue weighted by molar-refractivity contribution is 7.21. The van der Waals surface area contributed by atoms with E-state index < -0.39 is 5.72 Å². The molecular formula is C38H44FN5O5S. The molecular weight excluding hydrogens is 658 g/mol. The van der Waals surface area contributed by atoms with Crippen molar-refractivity contribution in [3.05, 3.63) is 66.0 Å². The van der Waals surface area contributed by atoms with Crippen LogP contribution in [0.15, 0.2) is 59.6 Å². The van der Waals surface area contributed by atoms with Gasteiger partial charge < -0.3 is 34.0 Å². The maximum Gasteiger partial charge on any atom is 0.258 e. The number of rotatable bonds is 14. The maximum absolute atomic E-state index is 13.5. The van der Waals surface area contributed by atoms with Crippen molar-refractivity contribution in [2.24, 2.45) is 4.99 Å². The number of aliphatic hydroxyl groups is 1. The number of benzene rings is 3. The van der Waals surface area contributed by atoms with Gasteiger partial charge in [0.1, 0.15) is 16.6 Å². The van der Waals surface area contributed by atoms with Crippen molar-refractivity contribution in [3.8, 4) is 27.8 Å². The first-order valence-electron chi connectivity index (χ1n) is 17.6. The van der Waals surface area contributed by atoms with Crippen LogP contribution in [0.5, 0.6) is 17.2 Å². The van der Waals surface area contributed by atoms with Gasteiger partial charge in [-0.2, -0.15) is 0 Å². The van der Waals surface area contributed by atoms with E-state index in [0.29, 0.717) is 48.9 Å². The van der Waals surface area contributed by atoms with Crippen LogP contribution in [0.4, 0.5) is 10.1 Å². The molecule has 0 unspecified atom stereocenters. The highest BCUT2D eigenvalue weighted by Crippen LogP contribution is 2.40. The Morgan fingerprint density at radius 1 is 0.880 bits per heavy atom. The van der Waals surface area contributed by atoms with Crippen molar-refractivity contribution >= 4 is 39.4 Å². The molecule has 3 aromatic carbocycles. The molecule has 1 N–H and O–H groups in total. The van der Waals surface area contributed by atoms with Gasteiger partial charge in [0.15, 0.2) is 17.2 Å². The number of nitrogens with zero attached hydrogens (tertiary/aromatic N) is 5. The van der Waals surface area contributed by atoms with E-state index in [2.05, 4.69) is 19.8 Å². The van der Waals surface area contributed by atoms with E-state index >= 15 is 0 Å². The predicted octanol–water partition coefficient (Wildman–Crippen LogP) is 6.39. The standard InChI is InChI=1S/C38H44FN5O5S/c1-47-33-24-30-32(40-26-38(46)13-6-16-44(38)37(30)45)25-34(33)49-22-5-3-15-43-19-17-42(18-20-43)14-2-4-21-48-29-10-7-27(8-11-29)36-41-31-12-9-28(39)23-35(31)50-36/h7-12,23-26,46H,2-6,13-22H2,1H3/t38-/m1/s1. The minimum absolute atomic E-state index is 0.238. The fraction of sp³-hybridized carbons (Fsp3) is 0.447. The molecule has 12 heteroatoms. The summed E-state index contributed by atoms with van der Waals surface area (Å²) < 4.78 is 32.0. The van der Waals surface area contributed by atoms with Gasteiger partial charge in [0.05, 0.1) is 48.0 Å². The van der Waals surface area contributed by atoms with E-state index in [9.17, 15) is 14.3 Å². The van der Waals surface area contributed by atoms with Gasteiger partial charge in [-0.05, 0) is 93.7 Å². The van der Waals surface area contributed by atoms with Crippen molar-refractivity contribution < 1.29 is 28.5 Å². The number of amides is 1. The quantitative estimate of drug-likeness (QED) is 0.151. The summed E-state index contributed by atoms with van der Waals surface area (Å²) in [4.78, 5) is 28.8. The third-order valence-electron chi connectivity index (χ3n) is 9.74. The third kappa shape index (κ3) is 7.78.